The molecule has 1 fully saturated rings. The van der Waals surface area contributed by atoms with E-state index in [4.69, 9.17) is 14.8 Å². The fourth-order valence-electron chi connectivity index (χ4n) is 4.42. The zero-order valence-electron chi connectivity index (χ0n) is 20.6. The lowest BCUT2D eigenvalue weighted by atomic mass is 10.1. The fraction of sp³-hybridized carbons (Fsp3) is 0.321. The summed E-state index contributed by atoms with van der Waals surface area (Å²) >= 11 is 0. The van der Waals surface area contributed by atoms with Crippen molar-refractivity contribution in [2.24, 2.45) is 5.92 Å². The number of aromatic nitrogens is 5. The van der Waals surface area contributed by atoms with E-state index in [9.17, 15) is 4.79 Å². The molecular weight excluding hydrogens is 452 g/mol. The van der Waals surface area contributed by atoms with E-state index < -0.39 is 0 Å². The number of hydrogen-bond acceptors (Lipinski definition) is 6. The van der Waals surface area contributed by atoms with Crippen molar-refractivity contribution in [3.63, 3.8) is 0 Å². The van der Waals surface area contributed by atoms with Crippen molar-refractivity contribution in [1.29, 1.82) is 0 Å². The summed E-state index contributed by atoms with van der Waals surface area (Å²) in [6.45, 7) is 6.62. The molecule has 0 spiro atoms. The van der Waals surface area contributed by atoms with Crippen molar-refractivity contribution >= 4 is 5.91 Å². The first-order valence-corrected chi connectivity index (χ1v) is 12.3. The minimum atomic E-state index is -0.00812. The van der Waals surface area contributed by atoms with Gasteiger partial charge >= 0.3 is 0 Å². The maximum absolute atomic E-state index is 12.8. The van der Waals surface area contributed by atoms with E-state index in [0.717, 1.165) is 34.9 Å². The molecule has 1 atom stereocenters. The van der Waals surface area contributed by atoms with Crippen molar-refractivity contribution in [3.05, 3.63) is 90.3 Å². The first-order valence-electron chi connectivity index (χ1n) is 12.3. The molecule has 4 aromatic rings. The molecule has 0 N–H and O–H groups in total. The van der Waals surface area contributed by atoms with E-state index in [-0.39, 0.29) is 11.8 Å². The zero-order chi connectivity index (χ0) is 24.9. The Morgan fingerprint density at radius 1 is 1.08 bits per heavy atom. The second kappa shape index (κ2) is 10.7. The smallest absolute Gasteiger partial charge is 0.223 e. The Bertz CT molecular complexity index is 1310. The number of nitrogens with zero attached hydrogens (tertiary/aromatic N) is 6. The summed E-state index contributed by atoms with van der Waals surface area (Å²) in [5.41, 5.74) is 2.78. The number of carbonyl (C=O) groups is 1. The molecule has 1 aliphatic rings. The topological polar surface area (TPSA) is 86.0 Å². The second-order valence-electron chi connectivity index (χ2n) is 9.54. The molecule has 5 rings (SSSR count). The summed E-state index contributed by atoms with van der Waals surface area (Å²) in [6.07, 6.45) is 5.73. The van der Waals surface area contributed by atoms with E-state index in [0.29, 0.717) is 37.9 Å². The molecule has 1 saturated heterocycles. The molecule has 1 aliphatic heterocycles. The number of ether oxygens (including phenoxy) is 1. The Kier molecular flexibility index (Phi) is 7.02. The van der Waals surface area contributed by atoms with E-state index in [2.05, 4.69) is 23.8 Å². The average molecular weight is 483 g/mol. The molecule has 8 nitrogen and oxygen atoms in total. The summed E-state index contributed by atoms with van der Waals surface area (Å²) in [5, 5.41) is 4.86. The van der Waals surface area contributed by atoms with Gasteiger partial charge in [-0.1, -0.05) is 38.1 Å². The van der Waals surface area contributed by atoms with Gasteiger partial charge in [0.15, 0.2) is 5.82 Å². The van der Waals surface area contributed by atoms with Gasteiger partial charge in [-0.2, -0.15) is 5.10 Å². The van der Waals surface area contributed by atoms with Gasteiger partial charge in [0.25, 0.3) is 0 Å². The third-order valence-corrected chi connectivity index (χ3v) is 6.12. The Balaban J connectivity index is 1.36. The number of benzene rings is 1. The van der Waals surface area contributed by atoms with Crippen LogP contribution < -0.4 is 4.74 Å². The Labute approximate surface area is 211 Å². The minimum Gasteiger partial charge on any atom is -0.489 e. The first kappa shape index (κ1) is 23.7. The van der Waals surface area contributed by atoms with Crippen molar-refractivity contribution in [1.82, 2.24) is 29.6 Å². The largest absolute Gasteiger partial charge is 0.489 e. The quantitative estimate of drug-likeness (QED) is 0.350. The highest BCUT2D eigenvalue weighted by atomic mass is 16.5. The van der Waals surface area contributed by atoms with Gasteiger partial charge < -0.3 is 9.64 Å². The van der Waals surface area contributed by atoms with Crippen molar-refractivity contribution in [3.8, 4) is 17.1 Å². The SMILES string of the molecule is CC(C)Cn1nc(-c2cccc(OCc3cccnc3)c2)nc1C1CC(=O)N(Cc2ccccn2)C1. The Morgan fingerprint density at radius 3 is 2.78 bits per heavy atom. The molecule has 8 heteroatoms. The van der Waals surface area contributed by atoms with Gasteiger partial charge in [-0.05, 0) is 36.2 Å². The maximum atomic E-state index is 12.8. The molecule has 0 radical (unpaired) electrons. The van der Waals surface area contributed by atoms with E-state index in [1.165, 1.54) is 0 Å². The number of carbonyl (C=O) groups excluding carboxylic acids is 1. The third kappa shape index (κ3) is 5.59. The number of hydrogen-bond donors (Lipinski definition) is 0. The summed E-state index contributed by atoms with van der Waals surface area (Å²) in [7, 11) is 0. The number of likely N-dealkylation sites (tertiary alicyclic amines) is 1. The first-order chi connectivity index (χ1) is 17.5. The van der Waals surface area contributed by atoms with Crippen LogP contribution in [0.4, 0.5) is 0 Å². The maximum Gasteiger partial charge on any atom is 0.223 e. The minimum absolute atomic E-state index is 0.00812. The molecule has 0 bridgehead atoms. The van der Waals surface area contributed by atoms with Crippen LogP contribution in [0.15, 0.2) is 73.2 Å². The van der Waals surface area contributed by atoms with Gasteiger partial charge in [0.2, 0.25) is 5.91 Å². The van der Waals surface area contributed by atoms with Crippen LogP contribution in [-0.2, 0) is 24.5 Å². The Hall–Kier alpha value is -4.07. The lowest BCUT2D eigenvalue weighted by Gasteiger charge is -2.16. The zero-order valence-corrected chi connectivity index (χ0v) is 20.6. The van der Waals surface area contributed by atoms with Gasteiger partial charge in [0.1, 0.15) is 18.2 Å². The molecule has 1 amide bonds. The van der Waals surface area contributed by atoms with Gasteiger partial charge in [0.05, 0.1) is 12.2 Å². The van der Waals surface area contributed by atoms with E-state index in [1.54, 1.807) is 18.6 Å². The second-order valence-corrected chi connectivity index (χ2v) is 9.54. The summed E-state index contributed by atoms with van der Waals surface area (Å²) < 4.78 is 7.96. The third-order valence-electron chi connectivity index (χ3n) is 6.12. The summed E-state index contributed by atoms with van der Waals surface area (Å²) in [6, 6.07) is 17.5. The van der Waals surface area contributed by atoms with Crippen LogP contribution in [0.2, 0.25) is 0 Å². The predicted octanol–water partition coefficient (Wildman–Crippen LogP) is 4.49. The Morgan fingerprint density at radius 2 is 2.00 bits per heavy atom. The van der Waals surface area contributed by atoms with Crippen molar-refractivity contribution < 1.29 is 9.53 Å². The van der Waals surface area contributed by atoms with Crippen molar-refractivity contribution in [2.75, 3.05) is 6.54 Å². The standard InChI is InChI=1S/C28H30N6O2/c1-20(2)16-34-28(23-14-26(35)33(17-23)18-24-9-3-4-12-30-24)31-27(32-34)22-8-5-10-25(13-22)36-19-21-7-6-11-29-15-21/h3-13,15,20,23H,14,16-19H2,1-2H3. The lowest BCUT2D eigenvalue weighted by Crippen LogP contribution is -2.25. The molecule has 1 unspecified atom stereocenters. The van der Waals surface area contributed by atoms with Gasteiger partial charge in [-0.15, -0.1) is 0 Å². The van der Waals surface area contributed by atoms with Crippen LogP contribution in [0.1, 0.15) is 43.3 Å². The summed E-state index contributed by atoms with van der Waals surface area (Å²) in [4.78, 5) is 28.1. The van der Waals surface area contributed by atoms with Crippen LogP contribution in [0, 0.1) is 5.92 Å². The van der Waals surface area contributed by atoms with Gasteiger partial charge in [-0.25, -0.2) is 9.67 Å². The molecule has 4 heterocycles. The number of amides is 1. The number of rotatable bonds is 9. The molecule has 36 heavy (non-hydrogen) atoms. The van der Waals surface area contributed by atoms with Crippen molar-refractivity contribution in [2.45, 2.75) is 45.9 Å². The van der Waals surface area contributed by atoms with Crippen LogP contribution in [0.25, 0.3) is 11.4 Å². The number of pyridine rings is 2. The fourth-order valence-corrected chi connectivity index (χ4v) is 4.42. The highest BCUT2D eigenvalue weighted by Gasteiger charge is 2.34. The molecule has 184 valence electrons. The van der Waals surface area contributed by atoms with Gasteiger partial charge in [0, 0.05) is 55.1 Å². The highest BCUT2D eigenvalue weighted by molar-refractivity contribution is 5.79. The molecule has 0 aliphatic carbocycles. The molecule has 3 aromatic heterocycles. The monoisotopic (exact) mass is 482 g/mol. The van der Waals surface area contributed by atoms with Crippen LogP contribution in [-0.4, -0.2) is 42.1 Å². The van der Waals surface area contributed by atoms with Gasteiger partial charge in [-0.3, -0.25) is 14.8 Å². The lowest BCUT2D eigenvalue weighted by molar-refractivity contribution is -0.128. The van der Waals surface area contributed by atoms with Crippen LogP contribution in [0.3, 0.4) is 0 Å². The van der Waals surface area contributed by atoms with E-state index in [1.807, 2.05) is 64.2 Å². The highest BCUT2D eigenvalue weighted by Crippen LogP contribution is 2.31. The predicted molar refractivity (Wildman–Crippen MR) is 136 cm³/mol. The van der Waals surface area contributed by atoms with Crippen LogP contribution in [0.5, 0.6) is 5.75 Å². The molecule has 1 aromatic carbocycles. The molecule has 0 saturated carbocycles. The van der Waals surface area contributed by atoms with Crippen LogP contribution >= 0.6 is 0 Å². The molecular formula is C28H30N6O2. The van der Waals surface area contributed by atoms with E-state index >= 15 is 0 Å². The summed E-state index contributed by atoms with van der Waals surface area (Å²) in [5.74, 6) is 2.76. The normalized spacial score (nSPS) is 15.6. The average Bonchev–Trinajstić information content (AvgIpc) is 3.47.